The first-order valence-electron chi connectivity index (χ1n) is 5.57. The van der Waals surface area contributed by atoms with Crippen LogP contribution in [-0.2, 0) is 6.54 Å². The van der Waals surface area contributed by atoms with Gasteiger partial charge in [0.1, 0.15) is 0 Å². The van der Waals surface area contributed by atoms with Crippen molar-refractivity contribution in [1.82, 2.24) is 5.32 Å². The van der Waals surface area contributed by atoms with Crippen molar-refractivity contribution >= 4 is 12.4 Å². The number of halogens is 1. The van der Waals surface area contributed by atoms with Crippen molar-refractivity contribution in [1.29, 1.82) is 0 Å². The van der Waals surface area contributed by atoms with Gasteiger partial charge in [-0.05, 0) is 25.3 Å². The third-order valence-electron chi connectivity index (χ3n) is 3.27. The average molecular weight is 226 g/mol. The molecule has 0 spiro atoms. The van der Waals surface area contributed by atoms with E-state index in [1.165, 1.54) is 31.2 Å². The molecule has 0 aromatic heterocycles. The van der Waals surface area contributed by atoms with Crippen molar-refractivity contribution in [3.8, 4) is 0 Å². The van der Waals surface area contributed by atoms with Gasteiger partial charge in [-0.25, -0.2) is 0 Å². The minimum absolute atomic E-state index is 0. The Morgan fingerprint density at radius 2 is 1.73 bits per heavy atom. The van der Waals surface area contributed by atoms with Gasteiger partial charge < -0.3 is 5.32 Å². The van der Waals surface area contributed by atoms with E-state index in [-0.39, 0.29) is 12.4 Å². The summed E-state index contributed by atoms with van der Waals surface area (Å²) in [7, 11) is 0. The van der Waals surface area contributed by atoms with Crippen molar-refractivity contribution in [3.63, 3.8) is 0 Å². The first-order chi connectivity index (χ1) is 6.79. The average Bonchev–Trinajstić information content (AvgIpc) is 2.65. The number of hydrogen-bond acceptors (Lipinski definition) is 1. The van der Waals surface area contributed by atoms with Crippen molar-refractivity contribution in [3.05, 3.63) is 35.9 Å². The van der Waals surface area contributed by atoms with Gasteiger partial charge in [0.05, 0.1) is 0 Å². The highest BCUT2D eigenvalue weighted by Crippen LogP contribution is 2.29. The first-order valence-corrected chi connectivity index (χ1v) is 5.57. The molecule has 84 valence electrons. The van der Waals surface area contributed by atoms with Crippen LogP contribution in [0.2, 0.25) is 0 Å². The molecule has 2 heteroatoms. The van der Waals surface area contributed by atoms with Crippen molar-refractivity contribution in [2.75, 3.05) is 0 Å². The van der Waals surface area contributed by atoms with Crippen LogP contribution >= 0.6 is 12.4 Å². The molecule has 2 rings (SSSR count). The van der Waals surface area contributed by atoms with Crippen LogP contribution in [0.4, 0.5) is 0 Å². The van der Waals surface area contributed by atoms with Crippen LogP contribution < -0.4 is 5.32 Å². The fraction of sp³-hybridized carbons (Fsp3) is 0.538. The van der Waals surface area contributed by atoms with E-state index in [2.05, 4.69) is 42.6 Å². The molecule has 1 N–H and O–H groups in total. The minimum Gasteiger partial charge on any atom is -0.307 e. The summed E-state index contributed by atoms with van der Waals surface area (Å²) in [6.45, 7) is 3.36. The predicted molar refractivity (Wildman–Crippen MR) is 67.4 cm³/mol. The van der Waals surface area contributed by atoms with E-state index >= 15 is 0 Å². The van der Waals surface area contributed by atoms with Gasteiger partial charge in [0.2, 0.25) is 0 Å². The van der Waals surface area contributed by atoms with Crippen LogP contribution in [0.3, 0.4) is 0 Å². The number of hydrogen-bond donors (Lipinski definition) is 1. The molecule has 1 aromatic carbocycles. The maximum Gasteiger partial charge on any atom is 0.0210 e. The SMILES string of the molecule is CC1(NCc2ccccc2)CCCC1.Cl. The zero-order chi connectivity index (χ0) is 9.86. The lowest BCUT2D eigenvalue weighted by Gasteiger charge is -2.25. The van der Waals surface area contributed by atoms with E-state index in [4.69, 9.17) is 0 Å². The summed E-state index contributed by atoms with van der Waals surface area (Å²) in [5, 5.41) is 3.67. The molecule has 15 heavy (non-hydrogen) atoms. The van der Waals surface area contributed by atoms with Gasteiger partial charge in [0.25, 0.3) is 0 Å². The van der Waals surface area contributed by atoms with Gasteiger partial charge in [-0.2, -0.15) is 0 Å². The molecule has 0 atom stereocenters. The second-order valence-electron chi connectivity index (χ2n) is 4.61. The Morgan fingerprint density at radius 3 is 2.33 bits per heavy atom. The third kappa shape index (κ3) is 3.51. The highest BCUT2D eigenvalue weighted by atomic mass is 35.5. The van der Waals surface area contributed by atoms with E-state index in [0.29, 0.717) is 5.54 Å². The first kappa shape index (κ1) is 12.5. The molecular weight excluding hydrogens is 206 g/mol. The molecule has 1 aromatic rings. The van der Waals surface area contributed by atoms with Crippen molar-refractivity contribution < 1.29 is 0 Å². The molecule has 0 unspecified atom stereocenters. The Labute approximate surface area is 98.7 Å². The lowest BCUT2D eigenvalue weighted by atomic mass is 10.0. The summed E-state index contributed by atoms with van der Waals surface area (Å²) in [5.41, 5.74) is 1.79. The molecule has 0 heterocycles. The maximum atomic E-state index is 3.67. The molecule has 0 amide bonds. The summed E-state index contributed by atoms with van der Waals surface area (Å²) in [4.78, 5) is 0. The van der Waals surface area contributed by atoms with Crippen molar-refractivity contribution in [2.45, 2.75) is 44.7 Å². The Bertz CT molecular complexity index is 278. The van der Waals surface area contributed by atoms with E-state index in [9.17, 15) is 0 Å². The normalized spacial score (nSPS) is 18.5. The topological polar surface area (TPSA) is 12.0 Å². The van der Waals surface area contributed by atoms with Crippen LogP contribution in [0, 0.1) is 0 Å². The summed E-state index contributed by atoms with van der Waals surface area (Å²) in [6, 6.07) is 10.7. The Balaban J connectivity index is 0.00000112. The van der Waals surface area contributed by atoms with Crippen LogP contribution in [0.15, 0.2) is 30.3 Å². The second-order valence-corrected chi connectivity index (χ2v) is 4.61. The van der Waals surface area contributed by atoms with Gasteiger partial charge in [-0.3, -0.25) is 0 Å². The number of benzene rings is 1. The minimum atomic E-state index is 0. The number of nitrogens with one attached hydrogen (secondary N) is 1. The zero-order valence-electron chi connectivity index (χ0n) is 9.33. The molecule has 0 aliphatic heterocycles. The fourth-order valence-electron chi connectivity index (χ4n) is 2.24. The molecule has 1 aliphatic carbocycles. The van der Waals surface area contributed by atoms with Gasteiger partial charge in [-0.1, -0.05) is 43.2 Å². The highest BCUT2D eigenvalue weighted by Gasteiger charge is 2.27. The van der Waals surface area contributed by atoms with Gasteiger partial charge in [0, 0.05) is 12.1 Å². The largest absolute Gasteiger partial charge is 0.307 e. The van der Waals surface area contributed by atoms with Crippen molar-refractivity contribution in [2.24, 2.45) is 0 Å². The van der Waals surface area contributed by atoms with Gasteiger partial charge in [0.15, 0.2) is 0 Å². The maximum absolute atomic E-state index is 3.67. The monoisotopic (exact) mass is 225 g/mol. The fourth-order valence-corrected chi connectivity index (χ4v) is 2.24. The standard InChI is InChI=1S/C13H19N.ClH/c1-13(9-5-6-10-13)14-11-12-7-3-2-4-8-12;/h2-4,7-8,14H,5-6,9-11H2,1H3;1H. The van der Waals surface area contributed by atoms with Crippen LogP contribution in [0.25, 0.3) is 0 Å². The van der Waals surface area contributed by atoms with Gasteiger partial charge in [-0.15, -0.1) is 12.4 Å². The summed E-state index contributed by atoms with van der Waals surface area (Å²) in [6.07, 6.45) is 5.44. The van der Waals surface area contributed by atoms with E-state index in [1.54, 1.807) is 0 Å². The highest BCUT2D eigenvalue weighted by molar-refractivity contribution is 5.85. The molecule has 0 bridgehead atoms. The molecule has 1 fully saturated rings. The molecule has 0 radical (unpaired) electrons. The van der Waals surface area contributed by atoms with E-state index < -0.39 is 0 Å². The molecule has 0 saturated heterocycles. The molecule has 1 aliphatic rings. The lowest BCUT2D eigenvalue weighted by Crippen LogP contribution is -2.38. The Kier molecular flexibility index (Phi) is 4.62. The van der Waals surface area contributed by atoms with Crippen LogP contribution in [-0.4, -0.2) is 5.54 Å². The molecular formula is C13H20ClN. The Morgan fingerprint density at radius 1 is 1.13 bits per heavy atom. The van der Waals surface area contributed by atoms with E-state index in [0.717, 1.165) is 6.54 Å². The second kappa shape index (κ2) is 5.53. The number of rotatable bonds is 3. The van der Waals surface area contributed by atoms with Crippen LogP contribution in [0.1, 0.15) is 38.2 Å². The van der Waals surface area contributed by atoms with E-state index in [1.807, 2.05) is 0 Å². The van der Waals surface area contributed by atoms with Crippen LogP contribution in [0.5, 0.6) is 0 Å². The third-order valence-corrected chi connectivity index (χ3v) is 3.27. The Hall–Kier alpha value is -0.530. The summed E-state index contributed by atoms with van der Waals surface area (Å²) < 4.78 is 0. The predicted octanol–water partition coefficient (Wildman–Crippen LogP) is 3.53. The van der Waals surface area contributed by atoms with Gasteiger partial charge >= 0.3 is 0 Å². The smallest absolute Gasteiger partial charge is 0.0210 e. The lowest BCUT2D eigenvalue weighted by molar-refractivity contribution is 0.363. The molecule has 1 saturated carbocycles. The zero-order valence-corrected chi connectivity index (χ0v) is 10.1. The molecule has 1 nitrogen and oxygen atoms in total. The summed E-state index contributed by atoms with van der Waals surface area (Å²) >= 11 is 0. The summed E-state index contributed by atoms with van der Waals surface area (Å²) in [5.74, 6) is 0. The quantitative estimate of drug-likeness (QED) is 0.830.